The van der Waals surface area contributed by atoms with Crippen LogP contribution in [0.5, 0.6) is 11.9 Å². The molecule has 2 saturated heterocycles. The van der Waals surface area contributed by atoms with Crippen molar-refractivity contribution in [3.63, 3.8) is 0 Å². The average molecular weight is 396 g/mol. The van der Waals surface area contributed by atoms with E-state index in [0.717, 1.165) is 56.2 Å². The minimum absolute atomic E-state index is 0.260. The van der Waals surface area contributed by atoms with Crippen LogP contribution < -0.4 is 14.4 Å². The van der Waals surface area contributed by atoms with E-state index < -0.39 is 0 Å². The van der Waals surface area contributed by atoms with Gasteiger partial charge in [-0.2, -0.15) is 10.1 Å². The number of methoxy groups -OCH3 is 2. The summed E-state index contributed by atoms with van der Waals surface area (Å²) >= 11 is 0. The maximum Gasteiger partial charge on any atom is 0.319 e. The van der Waals surface area contributed by atoms with Crippen LogP contribution in [0.1, 0.15) is 19.3 Å². The first-order chi connectivity index (χ1) is 14.2. The van der Waals surface area contributed by atoms with Gasteiger partial charge in [0.05, 0.1) is 25.5 Å². The zero-order valence-electron chi connectivity index (χ0n) is 16.7. The molecule has 0 atom stereocenters. The number of aromatic nitrogens is 5. The van der Waals surface area contributed by atoms with Crippen LogP contribution in [-0.2, 0) is 4.74 Å². The van der Waals surface area contributed by atoms with E-state index in [2.05, 4.69) is 25.9 Å². The molecule has 3 aromatic rings. The van der Waals surface area contributed by atoms with Gasteiger partial charge >= 0.3 is 6.01 Å². The Hall–Kier alpha value is -2.94. The smallest absolute Gasteiger partial charge is 0.319 e. The lowest BCUT2D eigenvalue weighted by atomic mass is 9.80. The van der Waals surface area contributed by atoms with Gasteiger partial charge in [-0.15, -0.1) is 0 Å². The molecule has 5 heterocycles. The van der Waals surface area contributed by atoms with Crippen LogP contribution in [0.25, 0.3) is 16.9 Å². The third-order valence-electron chi connectivity index (χ3n) is 6.06. The van der Waals surface area contributed by atoms with Crippen molar-refractivity contribution in [2.24, 2.45) is 5.41 Å². The van der Waals surface area contributed by atoms with Crippen LogP contribution in [0.2, 0.25) is 0 Å². The largest absolute Gasteiger partial charge is 0.480 e. The molecule has 0 aromatic carbocycles. The van der Waals surface area contributed by atoms with Gasteiger partial charge in [-0.3, -0.25) is 0 Å². The summed E-state index contributed by atoms with van der Waals surface area (Å²) in [6.07, 6.45) is 8.73. The van der Waals surface area contributed by atoms with Crippen molar-refractivity contribution < 1.29 is 14.2 Å². The van der Waals surface area contributed by atoms with Crippen LogP contribution in [0, 0.1) is 5.41 Å². The molecule has 0 bridgehead atoms. The molecule has 3 aromatic heterocycles. The first-order valence-electron chi connectivity index (χ1n) is 9.84. The summed E-state index contributed by atoms with van der Waals surface area (Å²) in [7, 11) is 3.11. The second kappa shape index (κ2) is 7.14. The van der Waals surface area contributed by atoms with E-state index in [4.69, 9.17) is 19.3 Å². The summed E-state index contributed by atoms with van der Waals surface area (Å²) in [5.74, 6) is 0.428. The molecule has 2 fully saturated rings. The van der Waals surface area contributed by atoms with Crippen molar-refractivity contribution in [1.82, 2.24) is 24.6 Å². The molecular weight excluding hydrogens is 372 g/mol. The number of nitrogens with zero attached hydrogens (tertiary/aromatic N) is 6. The standard InChI is InChI=1S/C20H24N6O3/c1-27-18-14(12-22-19(23-18)28-2)15-11-16(17-21-6-8-26(17)24-15)25-7-3-20(13-25)4-9-29-10-5-20/h6,8,11-12H,3-5,7,9-10,13H2,1-2H3. The number of rotatable bonds is 4. The summed E-state index contributed by atoms with van der Waals surface area (Å²) < 4.78 is 18.0. The van der Waals surface area contributed by atoms with E-state index in [1.807, 2.05) is 10.7 Å². The molecule has 152 valence electrons. The Morgan fingerprint density at radius 1 is 1.10 bits per heavy atom. The monoisotopic (exact) mass is 396 g/mol. The van der Waals surface area contributed by atoms with Gasteiger partial charge in [0.25, 0.3) is 0 Å². The Balaban J connectivity index is 1.56. The zero-order chi connectivity index (χ0) is 19.8. The molecule has 0 amide bonds. The highest BCUT2D eigenvalue weighted by Gasteiger charge is 2.40. The number of imidazole rings is 1. The molecule has 0 radical (unpaired) electrons. The Labute approximate surface area is 168 Å². The van der Waals surface area contributed by atoms with Gasteiger partial charge in [-0.05, 0) is 30.7 Å². The van der Waals surface area contributed by atoms with Gasteiger partial charge < -0.3 is 19.1 Å². The van der Waals surface area contributed by atoms with Crippen molar-refractivity contribution in [3.8, 4) is 23.1 Å². The van der Waals surface area contributed by atoms with Gasteiger partial charge in [-0.25, -0.2) is 14.5 Å². The van der Waals surface area contributed by atoms with Crippen molar-refractivity contribution in [3.05, 3.63) is 24.7 Å². The molecule has 0 aliphatic carbocycles. The Morgan fingerprint density at radius 2 is 1.97 bits per heavy atom. The van der Waals surface area contributed by atoms with E-state index in [9.17, 15) is 0 Å². The summed E-state index contributed by atoms with van der Waals surface area (Å²) in [6.45, 7) is 3.73. The summed E-state index contributed by atoms with van der Waals surface area (Å²) in [6, 6.07) is 2.32. The zero-order valence-corrected chi connectivity index (χ0v) is 16.7. The van der Waals surface area contributed by atoms with Gasteiger partial charge in [-0.1, -0.05) is 0 Å². The van der Waals surface area contributed by atoms with E-state index in [1.165, 1.54) is 13.5 Å². The maximum atomic E-state index is 5.59. The molecule has 0 saturated carbocycles. The van der Waals surface area contributed by atoms with E-state index >= 15 is 0 Å². The van der Waals surface area contributed by atoms with E-state index in [1.54, 1.807) is 19.5 Å². The Bertz CT molecular complexity index is 1030. The Morgan fingerprint density at radius 3 is 2.76 bits per heavy atom. The van der Waals surface area contributed by atoms with Crippen molar-refractivity contribution in [2.75, 3.05) is 45.4 Å². The number of hydrogen-bond donors (Lipinski definition) is 0. The molecule has 29 heavy (non-hydrogen) atoms. The summed E-state index contributed by atoms with van der Waals surface area (Å²) in [5.41, 5.74) is 3.71. The third-order valence-corrected chi connectivity index (χ3v) is 6.06. The van der Waals surface area contributed by atoms with Gasteiger partial charge in [0, 0.05) is 44.9 Å². The molecule has 9 nitrogen and oxygen atoms in total. The van der Waals surface area contributed by atoms with Crippen molar-refractivity contribution >= 4 is 11.3 Å². The summed E-state index contributed by atoms with van der Waals surface area (Å²) in [5, 5.41) is 4.71. The predicted molar refractivity (Wildman–Crippen MR) is 106 cm³/mol. The number of ether oxygens (including phenoxy) is 3. The molecule has 5 rings (SSSR count). The average Bonchev–Trinajstić information content (AvgIpc) is 3.40. The highest BCUT2D eigenvalue weighted by molar-refractivity contribution is 5.76. The van der Waals surface area contributed by atoms with Gasteiger partial charge in [0.2, 0.25) is 5.88 Å². The highest BCUT2D eigenvalue weighted by Crippen LogP contribution is 2.42. The lowest BCUT2D eigenvalue weighted by Crippen LogP contribution is -2.33. The maximum absolute atomic E-state index is 5.59. The quantitative estimate of drug-likeness (QED) is 0.663. The van der Waals surface area contributed by atoms with Crippen LogP contribution in [-0.4, -0.2) is 65.1 Å². The molecular formula is C20H24N6O3. The first kappa shape index (κ1) is 18.1. The van der Waals surface area contributed by atoms with Crippen LogP contribution in [0.15, 0.2) is 24.7 Å². The molecule has 9 heteroatoms. The van der Waals surface area contributed by atoms with Crippen LogP contribution >= 0.6 is 0 Å². The third kappa shape index (κ3) is 3.15. The molecule has 0 unspecified atom stereocenters. The normalized spacial score (nSPS) is 18.5. The van der Waals surface area contributed by atoms with E-state index in [0.29, 0.717) is 16.9 Å². The lowest BCUT2D eigenvalue weighted by molar-refractivity contribution is 0.0254. The fraction of sp³-hybridized carbons (Fsp3) is 0.500. The SMILES string of the molecule is COc1ncc(-c2cc(N3CCC4(CCOCC4)C3)c3nccn3n2)c(OC)n1. The fourth-order valence-electron chi connectivity index (χ4n) is 4.40. The Kier molecular flexibility index (Phi) is 4.46. The van der Waals surface area contributed by atoms with Gasteiger partial charge in [0.1, 0.15) is 5.69 Å². The van der Waals surface area contributed by atoms with Crippen LogP contribution in [0.4, 0.5) is 5.69 Å². The second-order valence-corrected chi connectivity index (χ2v) is 7.67. The fourth-order valence-corrected chi connectivity index (χ4v) is 4.40. The first-order valence-corrected chi connectivity index (χ1v) is 9.84. The molecule has 1 spiro atoms. The number of hydrogen-bond acceptors (Lipinski definition) is 8. The molecule has 0 N–H and O–H groups in total. The number of anilines is 1. The predicted octanol–water partition coefficient (Wildman–Crippen LogP) is 2.21. The topological polar surface area (TPSA) is 86.9 Å². The van der Waals surface area contributed by atoms with Crippen molar-refractivity contribution in [1.29, 1.82) is 0 Å². The second-order valence-electron chi connectivity index (χ2n) is 7.67. The lowest BCUT2D eigenvalue weighted by Gasteiger charge is -2.33. The number of fused-ring (bicyclic) bond motifs is 1. The molecule has 2 aliphatic rings. The van der Waals surface area contributed by atoms with Crippen LogP contribution in [0.3, 0.4) is 0 Å². The minimum atomic E-state index is 0.260. The molecule has 2 aliphatic heterocycles. The van der Waals surface area contributed by atoms with Gasteiger partial charge in [0.15, 0.2) is 5.65 Å². The summed E-state index contributed by atoms with van der Waals surface area (Å²) in [4.78, 5) is 15.5. The highest BCUT2D eigenvalue weighted by atomic mass is 16.5. The van der Waals surface area contributed by atoms with Crippen molar-refractivity contribution in [2.45, 2.75) is 19.3 Å². The minimum Gasteiger partial charge on any atom is -0.480 e. The van der Waals surface area contributed by atoms with E-state index in [-0.39, 0.29) is 6.01 Å².